The molecule has 0 saturated heterocycles. The van der Waals surface area contributed by atoms with Crippen LogP contribution in [0.25, 0.3) is 28.2 Å². The van der Waals surface area contributed by atoms with Gasteiger partial charge >= 0.3 is 0 Å². The summed E-state index contributed by atoms with van der Waals surface area (Å²) >= 11 is 0. The maximum absolute atomic E-state index is 12.5. The van der Waals surface area contributed by atoms with Crippen molar-refractivity contribution in [1.82, 2.24) is 14.9 Å². The predicted octanol–water partition coefficient (Wildman–Crippen LogP) is 8.29. The van der Waals surface area contributed by atoms with E-state index in [2.05, 4.69) is 52.3 Å². The summed E-state index contributed by atoms with van der Waals surface area (Å²) in [7, 11) is 1.67. The van der Waals surface area contributed by atoms with Crippen LogP contribution in [-0.4, -0.2) is 35.7 Å². The third kappa shape index (κ3) is 8.85. The second kappa shape index (κ2) is 16.3. The van der Waals surface area contributed by atoms with Crippen LogP contribution in [0.2, 0.25) is 0 Å². The number of aryl methyl sites for hydroxylation is 2. The van der Waals surface area contributed by atoms with Crippen LogP contribution in [-0.2, 0) is 24.2 Å². The molecule has 5 rings (SSSR count). The molecular weight excluding hydrogens is 558 g/mol. The highest BCUT2D eigenvalue weighted by molar-refractivity contribution is 5.79. The second-order valence-corrected chi connectivity index (χ2v) is 11.2. The Balaban J connectivity index is 1.05. The summed E-state index contributed by atoms with van der Waals surface area (Å²) in [6, 6.07) is 32.9. The van der Waals surface area contributed by atoms with Crippen molar-refractivity contribution in [1.29, 1.82) is 0 Å². The number of fused-ring (bicyclic) bond motifs is 1. The van der Waals surface area contributed by atoms with E-state index < -0.39 is 0 Å². The number of carbonyl (C=O) groups is 1. The first-order valence-corrected chi connectivity index (χ1v) is 15.9. The maximum atomic E-state index is 12.5. The van der Waals surface area contributed by atoms with Crippen LogP contribution in [0.15, 0.2) is 103 Å². The Hall–Kier alpha value is -4.84. The van der Waals surface area contributed by atoms with Gasteiger partial charge in [0.05, 0.1) is 31.2 Å². The van der Waals surface area contributed by atoms with Gasteiger partial charge in [-0.2, -0.15) is 0 Å². The van der Waals surface area contributed by atoms with Gasteiger partial charge in [-0.15, -0.1) is 0 Å². The van der Waals surface area contributed by atoms with E-state index in [1.54, 1.807) is 7.11 Å². The van der Waals surface area contributed by atoms with Gasteiger partial charge in [-0.1, -0.05) is 91.4 Å². The van der Waals surface area contributed by atoms with Crippen molar-refractivity contribution >= 4 is 23.0 Å². The van der Waals surface area contributed by atoms with Crippen LogP contribution >= 0.6 is 0 Å². The summed E-state index contributed by atoms with van der Waals surface area (Å²) in [5, 5.41) is 3.09. The average molecular weight is 602 g/mol. The number of hydrogen-bond donors (Lipinski definition) is 1. The Morgan fingerprint density at radius 3 is 2.42 bits per heavy atom. The number of imidazole rings is 1. The van der Waals surface area contributed by atoms with Gasteiger partial charge in [0.1, 0.15) is 5.82 Å². The molecule has 1 amide bonds. The van der Waals surface area contributed by atoms with Gasteiger partial charge in [0.25, 0.3) is 0 Å². The molecule has 6 heteroatoms. The fraction of sp³-hybridized carbons (Fsp3) is 0.282. The number of amides is 1. The van der Waals surface area contributed by atoms with E-state index in [1.165, 1.54) is 5.56 Å². The number of hydrogen-bond acceptors (Lipinski definition) is 4. The number of ether oxygens (including phenoxy) is 2. The Labute approximate surface area is 266 Å². The van der Waals surface area contributed by atoms with Crippen LogP contribution < -0.4 is 14.8 Å². The lowest BCUT2D eigenvalue weighted by atomic mass is 10.0. The van der Waals surface area contributed by atoms with Crippen LogP contribution in [0, 0.1) is 0 Å². The first kappa shape index (κ1) is 31.6. The number of carbonyl (C=O) groups excluding carboxylic acids is 1. The number of allylic oxidation sites excluding steroid dienone is 1. The number of methoxy groups -OCH3 is 1. The Kier molecular flexibility index (Phi) is 11.4. The topological polar surface area (TPSA) is 65.4 Å². The Bertz CT molecular complexity index is 1690. The van der Waals surface area contributed by atoms with E-state index in [1.807, 2.05) is 73.7 Å². The molecule has 0 radical (unpaired) electrons. The van der Waals surface area contributed by atoms with Crippen LogP contribution in [0.4, 0.5) is 0 Å². The third-order valence-electron chi connectivity index (χ3n) is 7.89. The molecular formula is C39H43N3O3. The van der Waals surface area contributed by atoms with E-state index in [9.17, 15) is 4.79 Å². The number of nitrogens with zero attached hydrogens (tertiary/aromatic N) is 2. The third-order valence-corrected chi connectivity index (χ3v) is 7.89. The molecule has 6 nitrogen and oxygen atoms in total. The van der Waals surface area contributed by atoms with Gasteiger partial charge in [-0.25, -0.2) is 4.98 Å². The monoisotopic (exact) mass is 601 g/mol. The molecule has 1 N–H and O–H groups in total. The van der Waals surface area contributed by atoms with Crippen LogP contribution in [0.5, 0.6) is 11.5 Å². The molecule has 0 bridgehead atoms. The zero-order valence-electron chi connectivity index (χ0n) is 26.4. The summed E-state index contributed by atoms with van der Waals surface area (Å²) in [5.74, 6) is 2.67. The van der Waals surface area contributed by atoms with Gasteiger partial charge in [0.2, 0.25) is 5.91 Å². The number of nitrogens with one attached hydrogen (secondary N) is 1. The van der Waals surface area contributed by atoms with Crippen molar-refractivity contribution in [3.8, 4) is 22.6 Å². The molecule has 0 fully saturated rings. The SMILES string of the molecule is C/C=C/c1ccc(OCCCn2c(CCCCCNC(=O)Cc3ccc(-c4ccccc4)cc3)nc3ccccc32)c(OC)c1. The van der Waals surface area contributed by atoms with E-state index in [0.717, 1.165) is 83.7 Å². The van der Waals surface area contributed by atoms with E-state index >= 15 is 0 Å². The highest BCUT2D eigenvalue weighted by Gasteiger charge is 2.11. The molecule has 0 atom stereocenters. The number of benzene rings is 4. The van der Waals surface area contributed by atoms with Crippen molar-refractivity contribution in [2.24, 2.45) is 0 Å². The van der Waals surface area contributed by atoms with Crippen molar-refractivity contribution in [3.05, 3.63) is 120 Å². The summed E-state index contributed by atoms with van der Waals surface area (Å²) in [6.07, 6.45) is 9.20. The molecule has 1 heterocycles. The number of unbranched alkanes of at least 4 members (excludes halogenated alkanes) is 2. The quantitative estimate of drug-likeness (QED) is 0.116. The van der Waals surface area contributed by atoms with Crippen molar-refractivity contribution in [3.63, 3.8) is 0 Å². The average Bonchev–Trinajstić information content (AvgIpc) is 3.43. The molecule has 0 saturated carbocycles. The van der Waals surface area contributed by atoms with Crippen molar-refractivity contribution in [2.45, 2.75) is 52.0 Å². The minimum absolute atomic E-state index is 0.0674. The fourth-order valence-electron chi connectivity index (χ4n) is 5.58. The van der Waals surface area contributed by atoms with Crippen LogP contribution in [0.1, 0.15) is 49.6 Å². The number of aromatic nitrogens is 2. The minimum Gasteiger partial charge on any atom is -0.493 e. The summed E-state index contributed by atoms with van der Waals surface area (Å²) in [4.78, 5) is 17.5. The second-order valence-electron chi connectivity index (χ2n) is 11.2. The predicted molar refractivity (Wildman–Crippen MR) is 184 cm³/mol. The van der Waals surface area contributed by atoms with E-state index in [-0.39, 0.29) is 5.91 Å². The highest BCUT2D eigenvalue weighted by atomic mass is 16.5. The molecule has 232 valence electrons. The summed E-state index contributed by atoms with van der Waals surface area (Å²) < 4.78 is 14.0. The van der Waals surface area contributed by atoms with Crippen molar-refractivity contribution in [2.75, 3.05) is 20.3 Å². The maximum Gasteiger partial charge on any atom is 0.224 e. The molecule has 5 aromatic rings. The zero-order valence-corrected chi connectivity index (χ0v) is 26.4. The van der Waals surface area contributed by atoms with Crippen LogP contribution in [0.3, 0.4) is 0 Å². The largest absolute Gasteiger partial charge is 0.493 e. The Morgan fingerprint density at radius 1 is 0.844 bits per heavy atom. The van der Waals surface area contributed by atoms with Crippen molar-refractivity contribution < 1.29 is 14.3 Å². The van der Waals surface area contributed by atoms with Gasteiger partial charge in [-0.3, -0.25) is 4.79 Å². The lowest BCUT2D eigenvalue weighted by Gasteiger charge is -2.13. The smallest absolute Gasteiger partial charge is 0.224 e. The molecule has 1 aromatic heterocycles. The molecule has 4 aromatic carbocycles. The number of rotatable bonds is 16. The van der Waals surface area contributed by atoms with E-state index in [4.69, 9.17) is 14.5 Å². The molecule has 45 heavy (non-hydrogen) atoms. The van der Waals surface area contributed by atoms with Gasteiger partial charge in [-0.05, 0) is 72.7 Å². The Morgan fingerprint density at radius 2 is 1.62 bits per heavy atom. The first-order chi connectivity index (χ1) is 22.1. The molecule has 0 unspecified atom stereocenters. The van der Waals surface area contributed by atoms with Gasteiger partial charge < -0.3 is 19.4 Å². The normalized spacial score (nSPS) is 11.2. The summed E-state index contributed by atoms with van der Waals surface area (Å²) in [5.41, 5.74) is 6.64. The lowest BCUT2D eigenvalue weighted by molar-refractivity contribution is -0.120. The molecule has 0 aliphatic rings. The standard InChI is InChI=1S/C39H43N3O3/c1-3-13-30-21-24-36(37(28-30)44-2)45-27-12-26-42-35-17-10-9-16-34(35)41-38(42)18-8-5-11-25-40-39(43)29-31-19-22-33(23-20-31)32-14-6-4-7-15-32/h3-4,6-7,9-10,13-17,19-24,28H,5,8,11-12,18,25-27,29H2,1-2H3,(H,40,43)/b13-3+. The van der Waals surface area contributed by atoms with Gasteiger partial charge in [0, 0.05) is 19.5 Å². The zero-order chi connectivity index (χ0) is 31.3. The molecule has 0 aliphatic heterocycles. The molecule has 0 spiro atoms. The first-order valence-electron chi connectivity index (χ1n) is 15.9. The molecule has 0 aliphatic carbocycles. The van der Waals surface area contributed by atoms with E-state index in [0.29, 0.717) is 19.6 Å². The minimum atomic E-state index is 0.0674. The lowest BCUT2D eigenvalue weighted by Crippen LogP contribution is -2.26. The highest BCUT2D eigenvalue weighted by Crippen LogP contribution is 2.29. The summed E-state index contributed by atoms with van der Waals surface area (Å²) in [6.45, 7) is 4.10. The number of para-hydroxylation sites is 2. The van der Waals surface area contributed by atoms with Gasteiger partial charge in [0.15, 0.2) is 11.5 Å². The fourth-order valence-corrected chi connectivity index (χ4v) is 5.58.